The van der Waals surface area contributed by atoms with Crippen molar-refractivity contribution in [2.45, 2.75) is 45.6 Å². The zero-order valence-electron chi connectivity index (χ0n) is 13.8. The van der Waals surface area contributed by atoms with Crippen molar-refractivity contribution >= 4 is 11.9 Å². The largest absolute Gasteiger partial charge is 0.490 e. The summed E-state index contributed by atoms with van der Waals surface area (Å²) < 4.78 is 5.74. The summed E-state index contributed by atoms with van der Waals surface area (Å²) in [6.07, 6.45) is 2.71. The van der Waals surface area contributed by atoms with Crippen LogP contribution in [-0.4, -0.2) is 41.1 Å². The zero-order chi connectivity index (χ0) is 16.8. The van der Waals surface area contributed by atoms with Crippen LogP contribution >= 0.6 is 0 Å². The first-order valence-corrected chi connectivity index (χ1v) is 8.24. The predicted octanol–water partition coefficient (Wildman–Crippen LogP) is 3.19. The smallest absolute Gasteiger partial charge is 0.303 e. The Labute approximate surface area is 137 Å². The van der Waals surface area contributed by atoms with Crippen LogP contribution in [0, 0.1) is 5.92 Å². The number of para-hydroxylation sites is 1. The number of carboxylic acids is 1. The molecule has 0 aliphatic carbocycles. The molecule has 2 rings (SSSR count). The summed E-state index contributed by atoms with van der Waals surface area (Å²) in [7, 11) is 0. The number of nitrogens with zero attached hydrogens (tertiary/aromatic N) is 1. The van der Waals surface area contributed by atoms with Crippen LogP contribution in [0.5, 0.6) is 5.75 Å². The number of benzene rings is 1. The van der Waals surface area contributed by atoms with Gasteiger partial charge in [-0.15, -0.1) is 0 Å². The highest BCUT2D eigenvalue weighted by Crippen LogP contribution is 2.26. The van der Waals surface area contributed by atoms with Gasteiger partial charge in [-0.05, 0) is 51.2 Å². The van der Waals surface area contributed by atoms with Crippen LogP contribution in [0.25, 0.3) is 0 Å². The monoisotopic (exact) mass is 319 g/mol. The number of carbonyl (C=O) groups is 2. The molecule has 1 saturated heterocycles. The molecule has 1 heterocycles. The molecule has 23 heavy (non-hydrogen) atoms. The lowest BCUT2D eigenvalue weighted by Gasteiger charge is -2.33. The van der Waals surface area contributed by atoms with Crippen LogP contribution in [0.1, 0.15) is 49.9 Å². The van der Waals surface area contributed by atoms with Crippen LogP contribution < -0.4 is 4.74 Å². The van der Waals surface area contributed by atoms with Crippen molar-refractivity contribution in [3.63, 3.8) is 0 Å². The van der Waals surface area contributed by atoms with Crippen molar-refractivity contribution < 1.29 is 19.4 Å². The van der Waals surface area contributed by atoms with Crippen LogP contribution in [0.2, 0.25) is 0 Å². The molecule has 1 aromatic rings. The standard InChI is InChI=1S/C18H25NO4/c1-13(2)23-16-8-4-3-7-15(16)18(22)19-11-5-6-14(12-19)9-10-17(20)21/h3-4,7-8,13-14H,5-6,9-12H2,1-2H3,(H,20,21). The molecule has 5 nitrogen and oxygen atoms in total. The van der Waals surface area contributed by atoms with Crippen molar-refractivity contribution in [2.75, 3.05) is 13.1 Å². The first-order chi connectivity index (χ1) is 11.0. The van der Waals surface area contributed by atoms with Gasteiger partial charge in [0.1, 0.15) is 5.75 Å². The van der Waals surface area contributed by atoms with Gasteiger partial charge in [0.15, 0.2) is 0 Å². The second kappa shape index (κ2) is 7.99. The van der Waals surface area contributed by atoms with E-state index in [4.69, 9.17) is 9.84 Å². The maximum Gasteiger partial charge on any atom is 0.303 e. The minimum atomic E-state index is -0.774. The average Bonchev–Trinajstić information content (AvgIpc) is 2.52. The summed E-state index contributed by atoms with van der Waals surface area (Å²) in [4.78, 5) is 25.4. The summed E-state index contributed by atoms with van der Waals surface area (Å²) in [6, 6.07) is 7.31. The number of piperidine rings is 1. The number of likely N-dealkylation sites (tertiary alicyclic amines) is 1. The van der Waals surface area contributed by atoms with Crippen molar-refractivity contribution in [3.8, 4) is 5.75 Å². The third kappa shape index (κ3) is 4.98. The number of hydrogen-bond donors (Lipinski definition) is 1. The Morgan fingerprint density at radius 1 is 1.35 bits per heavy atom. The van der Waals surface area contributed by atoms with Gasteiger partial charge in [0.2, 0.25) is 0 Å². The molecule has 0 radical (unpaired) electrons. The first-order valence-electron chi connectivity index (χ1n) is 8.24. The van der Waals surface area contributed by atoms with Crippen molar-refractivity contribution in [2.24, 2.45) is 5.92 Å². The summed E-state index contributed by atoms with van der Waals surface area (Å²) in [5, 5.41) is 8.82. The van der Waals surface area contributed by atoms with Crippen LogP contribution in [-0.2, 0) is 4.79 Å². The second-order valence-electron chi connectivity index (χ2n) is 6.35. The maximum absolute atomic E-state index is 12.8. The first kappa shape index (κ1) is 17.3. The van der Waals surface area contributed by atoms with E-state index in [0.29, 0.717) is 24.3 Å². The Morgan fingerprint density at radius 2 is 2.09 bits per heavy atom. The normalized spacial score (nSPS) is 18.0. The third-order valence-electron chi connectivity index (χ3n) is 4.05. The van der Waals surface area contributed by atoms with Crippen LogP contribution in [0.4, 0.5) is 0 Å². The molecule has 126 valence electrons. The van der Waals surface area contributed by atoms with Gasteiger partial charge in [-0.25, -0.2) is 0 Å². The second-order valence-corrected chi connectivity index (χ2v) is 6.35. The van der Waals surface area contributed by atoms with Gasteiger partial charge >= 0.3 is 5.97 Å². The van der Waals surface area contributed by atoms with Crippen molar-refractivity contribution in [1.29, 1.82) is 0 Å². The van der Waals surface area contributed by atoms with Gasteiger partial charge in [-0.1, -0.05) is 12.1 Å². The fourth-order valence-electron chi connectivity index (χ4n) is 2.98. The molecular weight excluding hydrogens is 294 g/mol. The molecule has 1 N–H and O–H groups in total. The Balaban J connectivity index is 2.06. The van der Waals surface area contributed by atoms with Crippen molar-refractivity contribution in [3.05, 3.63) is 29.8 Å². The van der Waals surface area contributed by atoms with E-state index in [1.54, 1.807) is 6.07 Å². The highest BCUT2D eigenvalue weighted by atomic mass is 16.5. The van der Waals surface area contributed by atoms with E-state index >= 15 is 0 Å². The van der Waals surface area contributed by atoms with E-state index < -0.39 is 5.97 Å². The summed E-state index contributed by atoms with van der Waals surface area (Å²) in [5.74, 6) is 0.0764. The van der Waals surface area contributed by atoms with E-state index in [0.717, 1.165) is 19.4 Å². The van der Waals surface area contributed by atoms with E-state index in [-0.39, 0.29) is 24.3 Å². The quantitative estimate of drug-likeness (QED) is 0.874. The summed E-state index contributed by atoms with van der Waals surface area (Å²) in [6.45, 7) is 5.22. The van der Waals surface area contributed by atoms with Gasteiger partial charge < -0.3 is 14.7 Å². The molecule has 1 amide bonds. The van der Waals surface area contributed by atoms with Gasteiger partial charge in [0, 0.05) is 19.5 Å². The topological polar surface area (TPSA) is 66.8 Å². The number of ether oxygens (including phenoxy) is 1. The average molecular weight is 319 g/mol. The van der Waals surface area contributed by atoms with E-state index in [1.807, 2.05) is 36.9 Å². The van der Waals surface area contributed by atoms with Gasteiger partial charge in [0.25, 0.3) is 5.91 Å². The lowest BCUT2D eigenvalue weighted by atomic mass is 9.93. The number of carboxylic acid groups (broad SMARTS) is 1. The van der Waals surface area contributed by atoms with E-state index in [1.165, 1.54) is 0 Å². The highest BCUT2D eigenvalue weighted by molar-refractivity contribution is 5.97. The minimum Gasteiger partial charge on any atom is -0.490 e. The Kier molecular flexibility index (Phi) is 6.02. The lowest BCUT2D eigenvalue weighted by molar-refractivity contribution is -0.137. The highest BCUT2D eigenvalue weighted by Gasteiger charge is 2.26. The fourth-order valence-corrected chi connectivity index (χ4v) is 2.98. The molecule has 1 fully saturated rings. The number of rotatable bonds is 6. The number of amides is 1. The maximum atomic E-state index is 12.8. The Morgan fingerprint density at radius 3 is 2.78 bits per heavy atom. The molecule has 1 aromatic carbocycles. The third-order valence-corrected chi connectivity index (χ3v) is 4.05. The molecule has 1 unspecified atom stereocenters. The minimum absolute atomic E-state index is 0.00798. The number of carbonyl (C=O) groups excluding carboxylic acids is 1. The summed E-state index contributed by atoms with van der Waals surface area (Å²) in [5.41, 5.74) is 0.583. The Hall–Kier alpha value is -2.04. The molecule has 5 heteroatoms. The molecule has 1 aliphatic heterocycles. The van der Waals surface area contributed by atoms with Gasteiger partial charge in [0.05, 0.1) is 11.7 Å². The molecular formula is C18H25NO4. The molecule has 1 atom stereocenters. The Bertz CT molecular complexity index is 556. The molecule has 0 saturated carbocycles. The number of hydrogen-bond acceptors (Lipinski definition) is 3. The van der Waals surface area contributed by atoms with E-state index in [9.17, 15) is 9.59 Å². The summed E-state index contributed by atoms with van der Waals surface area (Å²) >= 11 is 0. The van der Waals surface area contributed by atoms with Crippen LogP contribution in [0.15, 0.2) is 24.3 Å². The van der Waals surface area contributed by atoms with Crippen molar-refractivity contribution in [1.82, 2.24) is 4.90 Å². The van der Waals surface area contributed by atoms with Gasteiger partial charge in [-0.3, -0.25) is 9.59 Å². The molecule has 1 aliphatic rings. The predicted molar refractivity (Wildman–Crippen MR) is 87.7 cm³/mol. The molecule has 0 spiro atoms. The SMILES string of the molecule is CC(C)Oc1ccccc1C(=O)N1CCCC(CCC(=O)O)C1. The lowest BCUT2D eigenvalue weighted by Crippen LogP contribution is -2.40. The van der Waals surface area contributed by atoms with E-state index in [2.05, 4.69) is 0 Å². The molecule has 0 aromatic heterocycles. The van der Waals surface area contributed by atoms with Gasteiger partial charge in [-0.2, -0.15) is 0 Å². The van der Waals surface area contributed by atoms with Crippen LogP contribution in [0.3, 0.4) is 0 Å². The fraction of sp³-hybridized carbons (Fsp3) is 0.556. The molecule has 0 bridgehead atoms. The zero-order valence-corrected chi connectivity index (χ0v) is 13.8. The number of aliphatic carboxylic acids is 1.